The van der Waals surface area contributed by atoms with Crippen molar-refractivity contribution in [1.29, 1.82) is 0 Å². The summed E-state index contributed by atoms with van der Waals surface area (Å²) in [6, 6.07) is 3.89. The zero-order valence-corrected chi connectivity index (χ0v) is 15.2. The number of amides is 1. The Bertz CT molecular complexity index is 764. The molecule has 1 amide bonds. The minimum Gasteiger partial charge on any atom is -0.356 e. The maximum atomic E-state index is 12.9. The quantitative estimate of drug-likeness (QED) is 0.818. The van der Waals surface area contributed by atoms with Crippen molar-refractivity contribution in [2.45, 2.75) is 51.9 Å². The van der Waals surface area contributed by atoms with Gasteiger partial charge in [0.25, 0.3) is 5.92 Å². The monoisotopic (exact) mass is 363 g/mol. The van der Waals surface area contributed by atoms with E-state index in [0.29, 0.717) is 0 Å². The molecule has 3 rings (SSSR count). The fourth-order valence-corrected chi connectivity index (χ4v) is 4.00. The van der Waals surface area contributed by atoms with Crippen LogP contribution in [0, 0.1) is 32.6 Å². The number of carbonyl (C=O) groups is 3. The Morgan fingerprint density at radius 2 is 1.77 bits per heavy atom. The Morgan fingerprint density at radius 3 is 2.31 bits per heavy atom. The van der Waals surface area contributed by atoms with Crippen LogP contribution in [0.5, 0.6) is 0 Å². The van der Waals surface area contributed by atoms with Gasteiger partial charge in [0.05, 0.1) is 0 Å². The van der Waals surface area contributed by atoms with Crippen LogP contribution in [0.15, 0.2) is 12.1 Å². The summed E-state index contributed by atoms with van der Waals surface area (Å²) in [6.45, 7) is 5.64. The lowest BCUT2D eigenvalue weighted by molar-refractivity contribution is -0.128. The SMILES string of the molecule is Cc1cc(C)c(C2C(=O)CC(CC(=O)NCC3CC3(F)F)C2=O)c(C)c1. The van der Waals surface area contributed by atoms with Crippen molar-refractivity contribution in [3.63, 3.8) is 0 Å². The molecule has 0 spiro atoms. The highest BCUT2D eigenvalue weighted by molar-refractivity contribution is 6.15. The van der Waals surface area contributed by atoms with Crippen LogP contribution in [0.2, 0.25) is 0 Å². The van der Waals surface area contributed by atoms with Crippen molar-refractivity contribution in [2.24, 2.45) is 11.8 Å². The first-order valence-electron chi connectivity index (χ1n) is 8.89. The minimum atomic E-state index is -2.68. The van der Waals surface area contributed by atoms with Crippen molar-refractivity contribution >= 4 is 17.5 Å². The van der Waals surface area contributed by atoms with Crippen LogP contribution in [0.25, 0.3) is 0 Å². The van der Waals surface area contributed by atoms with Crippen molar-refractivity contribution in [3.8, 4) is 0 Å². The second-order valence-electron chi connectivity index (χ2n) is 7.69. The molecule has 1 N–H and O–H groups in total. The Balaban J connectivity index is 1.66. The van der Waals surface area contributed by atoms with Crippen molar-refractivity contribution in [1.82, 2.24) is 5.32 Å². The van der Waals surface area contributed by atoms with Gasteiger partial charge < -0.3 is 5.32 Å². The molecule has 26 heavy (non-hydrogen) atoms. The summed E-state index contributed by atoms with van der Waals surface area (Å²) < 4.78 is 25.7. The van der Waals surface area contributed by atoms with Crippen LogP contribution in [0.1, 0.15) is 47.4 Å². The first-order chi connectivity index (χ1) is 12.1. The van der Waals surface area contributed by atoms with E-state index in [1.54, 1.807) is 0 Å². The zero-order chi connectivity index (χ0) is 19.2. The van der Waals surface area contributed by atoms with Crippen LogP contribution in [0.3, 0.4) is 0 Å². The second-order valence-corrected chi connectivity index (χ2v) is 7.69. The molecule has 140 valence electrons. The lowest BCUT2D eigenvalue weighted by Crippen LogP contribution is -2.30. The number of benzene rings is 1. The largest absolute Gasteiger partial charge is 0.356 e. The van der Waals surface area contributed by atoms with Crippen molar-refractivity contribution in [3.05, 3.63) is 34.4 Å². The Kier molecular flexibility index (Phi) is 4.71. The topological polar surface area (TPSA) is 63.2 Å². The van der Waals surface area contributed by atoms with Crippen LogP contribution in [-0.2, 0) is 14.4 Å². The molecule has 2 aliphatic rings. The van der Waals surface area contributed by atoms with E-state index in [0.717, 1.165) is 22.3 Å². The van der Waals surface area contributed by atoms with Gasteiger partial charge >= 0.3 is 0 Å². The van der Waals surface area contributed by atoms with Gasteiger partial charge in [0.15, 0.2) is 5.78 Å². The van der Waals surface area contributed by atoms with Gasteiger partial charge in [-0.25, -0.2) is 8.78 Å². The van der Waals surface area contributed by atoms with Gasteiger partial charge in [-0.1, -0.05) is 17.7 Å². The first kappa shape index (κ1) is 18.7. The van der Waals surface area contributed by atoms with Crippen LogP contribution >= 0.6 is 0 Å². The second kappa shape index (κ2) is 6.56. The lowest BCUT2D eigenvalue weighted by atomic mass is 9.86. The van der Waals surface area contributed by atoms with Gasteiger partial charge in [-0.15, -0.1) is 0 Å². The fraction of sp³-hybridized carbons (Fsp3) is 0.550. The zero-order valence-electron chi connectivity index (χ0n) is 15.2. The predicted octanol–water partition coefficient (Wildman–Crippen LogP) is 3.02. The molecule has 2 saturated carbocycles. The van der Waals surface area contributed by atoms with Crippen LogP contribution < -0.4 is 5.32 Å². The maximum Gasteiger partial charge on any atom is 0.253 e. The number of nitrogens with one attached hydrogen (secondary N) is 1. The van der Waals surface area contributed by atoms with Gasteiger partial charge in [-0.05, 0) is 37.5 Å². The van der Waals surface area contributed by atoms with Gasteiger partial charge in [-0.3, -0.25) is 14.4 Å². The minimum absolute atomic E-state index is 0.0310. The molecule has 0 radical (unpaired) electrons. The third kappa shape index (κ3) is 3.55. The van der Waals surface area contributed by atoms with Crippen LogP contribution in [-0.4, -0.2) is 29.9 Å². The summed E-state index contributed by atoms with van der Waals surface area (Å²) in [4.78, 5) is 37.2. The highest BCUT2D eigenvalue weighted by Crippen LogP contribution is 2.48. The average molecular weight is 363 g/mol. The number of hydrogen-bond acceptors (Lipinski definition) is 3. The summed E-state index contributed by atoms with van der Waals surface area (Å²) in [7, 11) is 0. The van der Waals surface area contributed by atoms with Crippen molar-refractivity contribution < 1.29 is 23.2 Å². The lowest BCUT2D eigenvalue weighted by Gasteiger charge is -2.16. The maximum absolute atomic E-state index is 12.9. The first-order valence-corrected chi connectivity index (χ1v) is 8.89. The molecule has 0 aromatic heterocycles. The molecule has 3 unspecified atom stereocenters. The molecule has 2 aliphatic carbocycles. The molecular weight excluding hydrogens is 340 g/mol. The fourth-order valence-electron chi connectivity index (χ4n) is 4.00. The summed E-state index contributed by atoms with van der Waals surface area (Å²) in [5.74, 6) is -5.84. The summed E-state index contributed by atoms with van der Waals surface area (Å²) in [5, 5.41) is 2.46. The van der Waals surface area contributed by atoms with Gasteiger partial charge in [0, 0.05) is 37.6 Å². The number of Topliss-reactive ketones (excluding diaryl/α,β-unsaturated/α-hetero) is 2. The molecule has 2 fully saturated rings. The molecule has 1 aromatic carbocycles. The summed E-state index contributed by atoms with van der Waals surface area (Å²) in [6.07, 6.45) is -0.297. The molecule has 0 bridgehead atoms. The molecule has 6 heteroatoms. The van der Waals surface area contributed by atoms with Crippen molar-refractivity contribution in [2.75, 3.05) is 6.54 Å². The van der Waals surface area contributed by atoms with Gasteiger partial charge in [-0.2, -0.15) is 0 Å². The van der Waals surface area contributed by atoms with E-state index in [-0.39, 0.29) is 37.4 Å². The van der Waals surface area contributed by atoms with E-state index in [9.17, 15) is 23.2 Å². The molecular formula is C20H23F2NO3. The van der Waals surface area contributed by atoms with Crippen LogP contribution in [0.4, 0.5) is 8.78 Å². The van der Waals surface area contributed by atoms with Gasteiger partial charge in [0.2, 0.25) is 5.91 Å². The number of carbonyl (C=O) groups excluding carboxylic acids is 3. The Hall–Kier alpha value is -2.11. The summed E-state index contributed by atoms with van der Waals surface area (Å²) in [5.41, 5.74) is 3.60. The molecule has 1 aromatic rings. The van der Waals surface area contributed by atoms with E-state index in [1.165, 1.54) is 0 Å². The molecule has 0 saturated heterocycles. The molecule has 3 atom stereocenters. The molecule has 0 aliphatic heterocycles. The normalized spacial score (nSPS) is 26.9. The van der Waals surface area contributed by atoms with E-state index in [2.05, 4.69) is 5.32 Å². The Morgan fingerprint density at radius 1 is 1.19 bits per heavy atom. The smallest absolute Gasteiger partial charge is 0.253 e. The molecule has 0 heterocycles. The predicted molar refractivity (Wildman–Crippen MR) is 92.2 cm³/mol. The summed E-state index contributed by atoms with van der Waals surface area (Å²) >= 11 is 0. The third-order valence-corrected chi connectivity index (χ3v) is 5.42. The number of aryl methyl sites for hydroxylation is 3. The number of alkyl halides is 2. The highest BCUT2D eigenvalue weighted by atomic mass is 19.3. The van der Waals surface area contributed by atoms with E-state index in [1.807, 2.05) is 32.9 Å². The van der Waals surface area contributed by atoms with Gasteiger partial charge in [0.1, 0.15) is 11.7 Å². The third-order valence-electron chi connectivity index (χ3n) is 5.42. The Labute approximate surface area is 151 Å². The highest BCUT2D eigenvalue weighted by Gasteiger charge is 2.56. The number of halogens is 2. The molecule has 4 nitrogen and oxygen atoms in total. The average Bonchev–Trinajstić information content (AvgIpc) is 3.05. The number of hydrogen-bond donors (Lipinski definition) is 1. The van der Waals surface area contributed by atoms with E-state index >= 15 is 0 Å². The van der Waals surface area contributed by atoms with E-state index < -0.39 is 29.6 Å². The van der Waals surface area contributed by atoms with E-state index in [4.69, 9.17) is 0 Å². The standard InChI is InChI=1S/C20H23F2NO3/c1-10-4-11(2)17(12(3)5-10)18-15(24)6-13(19(18)26)7-16(25)23-9-14-8-20(14,21)22/h4-5,13-14,18H,6-9H2,1-3H3,(H,23,25). The number of ketones is 2. The number of rotatable bonds is 5.